The average molecular weight is 295 g/mol. The van der Waals surface area contributed by atoms with Crippen LogP contribution in [0.2, 0.25) is 0 Å². The van der Waals surface area contributed by atoms with Crippen molar-refractivity contribution in [3.8, 4) is 0 Å². The van der Waals surface area contributed by atoms with Crippen molar-refractivity contribution < 1.29 is 9.84 Å². The summed E-state index contributed by atoms with van der Waals surface area (Å²) < 4.78 is 5.47. The van der Waals surface area contributed by atoms with Gasteiger partial charge in [0.05, 0.1) is 24.3 Å². The highest BCUT2D eigenvalue weighted by atomic mass is 32.2. The van der Waals surface area contributed by atoms with Crippen LogP contribution in [-0.4, -0.2) is 28.6 Å². The van der Waals surface area contributed by atoms with E-state index < -0.39 is 6.10 Å². The van der Waals surface area contributed by atoms with Crippen LogP contribution >= 0.6 is 23.1 Å². The van der Waals surface area contributed by atoms with Crippen LogP contribution in [0.5, 0.6) is 0 Å². The number of thioether (sulfide) groups is 1. The van der Waals surface area contributed by atoms with Crippen LogP contribution in [0.1, 0.15) is 10.4 Å². The zero-order valence-corrected chi connectivity index (χ0v) is 12.4. The molecule has 0 saturated carbocycles. The highest BCUT2D eigenvalue weighted by Crippen LogP contribution is 2.16. The molecule has 2 aromatic rings. The van der Waals surface area contributed by atoms with Crippen LogP contribution < -0.4 is 0 Å². The van der Waals surface area contributed by atoms with Gasteiger partial charge in [0.25, 0.3) is 0 Å². The number of aryl methyl sites for hydroxylation is 1. The van der Waals surface area contributed by atoms with Gasteiger partial charge in [-0.3, -0.25) is 0 Å². The smallest absolute Gasteiger partial charge is 0.0960 e. The van der Waals surface area contributed by atoms with E-state index in [4.69, 9.17) is 4.74 Å². The van der Waals surface area contributed by atoms with Crippen molar-refractivity contribution in [2.75, 3.05) is 12.4 Å². The van der Waals surface area contributed by atoms with E-state index in [1.807, 2.05) is 42.8 Å². The van der Waals surface area contributed by atoms with Crippen molar-refractivity contribution in [3.63, 3.8) is 0 Å². The van der Waals surface area contributed by atoms with Gasteiger partial charge < -0.3 is 9.84 Å². The molecule has 1 atom stereocenters. The van der Waals surface area contributed by atoms with Gasteiger partial charge in [0.1, 0.15) is 0 Å². The predicted octanol–water partition coefficient (Wildman–Crippen LogP) is 3.12. The molecular formula is C14H17NO2S2. The molecule has 3 nitrogen and oxygen atoms in total. The lowest BCUT2D eigenvalue weighted by molar-refractivity contribution is 0.0409. The third-order valence-electron chi connectivity index (χ3n) is 2.44. The molecule has 2 rings (SSSR count). The van der Waals surface area contributed by atoms with E-state index in [1.165, 1.54) is 4.88 Å². The van der Waals surface area contributed by atoms with E-state index in [0.29, 0.717) is 19.0 Å². The number of hydrogen-bond acceptors (Lipinski definition) is 5. The highest BCUT2D eigenvalue weighted by Gasteiger charge is 2.06. The first-order valence-electron chi connectivity index (χ1n) is 6.07. The molecule has 0 aliphatic heterocycles. The first kappa shape index (κ1) is 14.5. The molecule has 0 spiro atoms. The Balaban J connectivity index is 1.64. The van der Waals surface area contributed by atoms with Gasteiger partial charge in [-0.2, -0.15) is 0 Å². The summed E-state index contributed by atoms with van der Waals surface area (Å²) in [4.78, 5) is 5.46. The minimum atomic E-state index is -0.465. The quantitative estimate of drug-likeness (QED) is 0.797. The lowest BCUT2D eigenvalue weighted by atomic mass is 10.3. The molecule has 0 amide bonds. The van der Waals surface area contributed by atoms with Gasteiger partial charge in [-0.25, -0.2) is 4.98 Å². The van der Waals surface area contributed by atoms with E-state index in [0.717, 1.165) is 10.6 Å². The normalized spacial score (nSPS) is 12.5. The summed E-state index contributed by atoms with van der Waals surface area (Å²) in [5.41, 5.74) is 1.14. The molecule has 0 bridgehead atoms. The number of hydrogen-bond donors (Lipinski definition) is 1. The van der Waals surface area contributed by atoms with Gasteiger partial charge in [-0.15, -0.1) is 23.1 Å². The maximum atomic E-state index is 9.82. The number of thiophene rings is 1. The molecule has 102 valence electrons. The van der Waals surface area contributed by atoms with Crippen molar-refractivity contribution in [1.29, 1.82) is 0 Å². The summed E-state index contributed by atoms with van der Waals surface area (Å²) in [5.74, 6) is 0.598. The molecule has 0 aliphatic rings. The molecule has 5 heteroatoms. The van der Waals surface area contributed by atoms with Gasteiger partial charge in [-0.1, -0.05) is 12.1 Å². The van der Waals surface area contributed by atoms with E-state index in [9.17, 15) is 5.11 Å². The van der Waals surface area contributed by atoms with Gasteiger partial charge in [0.2, 0.25) is 0 Å². The first-order valence-corrected chi connectivity index (χ1v) is 7.94. The summed E-state index contributed by atoms with van der Waals surface area (Å²) in [6, 6.07) is 8.02. The SMILES string of the molecule is Cc1ccc(SCC(O)COCc2cccs2)nc1. The third-order valence-corrected chi connectivity index (χ3v) is 4.38. The van der Waals surface area contributed by atoms with Gasteiger partial charge in [0, 0.05) is 16.8 Å². The standard InChI is InChI=1S/C14H17NO2S2/c1-11-4-5-14(15-7-11)19-10-12(16)8-17-9-13-3-2-6-18-13/h2-7,12,16H,8-10H2,1H3. The number of aliphatic hydroxyl groups excluding tert-OH is 1. The monoisotopic (exact) mass is 295 g/mol. The van der Waals surface area contributed by atoms with E-state index >= 15 is 0 Å². The van der Waals surface area contributed by atoms with Crippen molar-refractivity contribution in [2.45, 2.75) is 24.7 Å². The van der Waals surface area contributed by atoms with Gasteiger partial charge in [0.15, 0.2) is 0 Å². The van der Waals surface area contributed by atoms with Crippen LogP contribution in [0.4, 0.5) is 0 Å². The van der Waals surface area contributed by atoms with Crippen molar-refractivity contribution in [3.05, 3.63) is 46.3 Å². The van der Waals surface area contributed by atoms with Crippen molar-refractivity contribution in [2.24, 2.45) is 0 Å². The third kappa shape index (κ3) is 5.32. The zero-order valence-electron chi connectivity index (χ0n) is 10.8. The summed E-state index contributed by atoms with van der Waals surface area (Å²) in [6.45, 7) is 2.94. The molecule has 2 heterocycles. The summed E-state index contributed by atoms with van der Waals surface area (Å²) in [5, 5.41) is 12.8. The lowest BCUT2D eigenvalue weighted by Gasteiger charge is -2.10. The number of aromatic nitrogens is 1. The Morgan fingerprint density at radius 1 is 1.42 bits per heavy atom. The summed E-state index contributed by atoms with van der Waals surface area (Å²) in [6.07, 6.45) is 1.37. The molecule has 0 aromatic carbocycles. The van der Waals surface area contributed by atoms with E-state index in [2.05, 4.69) is 4.98 Å². The predicted molar refractivity (Wildman–Crippen MR) is 79.7 cm³/mol. The Hall–Kier alpha value is -0.880. The second kappa shape index (κ2) is 7.65. The second-order valence-corrected chi connectivity index (χ2v) is 6.31. The van der Waals surface area contributed by atoms with Crippen LogP contribution in [-0.2, 0) is 11.3 Å². The van der Waals surface area contributed by atoms with Gasteiger partial charge >= 0.3 is 0 Å². The van der Waals surface area contributed by atoms with Gasteiger partial charge in [-0.05, 0) is 30.0 Å². The zero-order chi connectivity index (χ0) is 13.5. The van der Waals surface area contributed by atoms with E-state index in [-0.39, 0.29) is 0 Å². The Kier molecular flexibility index (Phi) is 5.85. The highest BCUT2D eigenvalue weighted by molar-refractivity contribution is 7.99. The van der Waals surface area contributed by atoms with Crippen LogP contribution in [0.25, 0.3) is 0 Å². The topological polar surface area (TPSA) is 42.4 Å². The lowest BCUT2D eigenvalue weighted by Crippen LogP contribution is -2.17. The number of ether oxygens (including phenoxy) is 1. The molecule has 2 aromatic heterocycles. The molecule has 0 saturated heterocycles. The summed E-state index contributed by atoms with van der Waals surface area (Å²) in [7, 11) is 0. The van der Waals surface area contributed by atoms with E-state index in [1.54, 1.807) is 23.1 Å². The molecule has 19 heavy (non-hydrogen) atoms. The molecule has 0 fully saturated rings. The Morgan fingerprint density at radius 3 is 3.00 bits per heavy atom. The minimum Gasteiger partial charge on any atom is -0.390 e. The number of pyridine rings is 1. The summed E-state index contributed by atoms with van der Waals surface area (Å²) >= 11 is 3.21. The maximum Gasteiger partial charge on any atom is 0.0960 e. The van der Waals surface area contributed by atoms with Crippen LogP contribution in [0.15, 0.2) is 40.9 Å². The fourth-order valence-electron chi connectivity index (χ4n) is 1.46. The molecule has 0 aliphatic carbocycles. The van der Waals surface area contributed by atoms with Crippen molar-refractivity contribution >= 4 is 23.1 Å². The molecule has 1 N–H and O–H groups in total. The fraction of sp³-hybridized carbons (Fsp3) is 0.357. The Bertz CT molecular complexity index is 471. The number of rotatable bonds is 7. The van der Waals surface area contributed by atoms with Crippen LogP contribution in [0, 0.1) is 6.92 Å². The molecule has 0 radical (unpaired) electrons. The average Bonchev–Trinajstić information content (AvgIpc) is 2.91. The van der Waals surface area contributed by atoms with Crippen LogP contribution in [0.3, 0.4) is 0 Å². The number of aliphatic hydroxyl groups is 1. The molecule has 1 unspecified atom stereocenters. The second-order valence-electron chi connectivity index (χ2n) is 4.23. The fourth-order valence-corrected chi connectivity index (χ4v) is 2.85. The minimum absolute atomic E-state index is 0.358. The molecular weight excluding hydrogens is 278 g/mol. The number of nitrogens with zero attached hydrogens (tertiary/aromatic N) is 1. The van der Waals surface area contributed by atoms with Crippen molar-refractivity contribution in [1.82, 2.24) is 4.98 Å². The first-order chi connectivity index (χ1) is 9.24. The largest absolute Gasteiger partial charge is 0.390 e. The Labute approximate surface area is 121 Å². The maximum absolute atomic E-state index is 9.82. The Morgan fingerprint density at radius 2 is 2.32 bits per heavy atom.